The number of carboxylic acids is 1. The summed E-state index contributed by atoms with van der Waals surface area (Å²) in [6.07, 6.45) is 1.01. The molecule has 126 valence electrons. The molecule has 0 unspecified atom stereocenters. The van der Waals surface area contributed by atoms with E-state index in [1.165, 1.54) is 30.5 Å². The molecule has 1 aromatic carbocycles. The number of carboxylic acid groups (broad SMARTS) is 1. The molecule has 0 spiro atoms. The van der Waals surface area contributed by atoms with Crippen LogP contribution in [-0.2, 0) is 11.2 Å². The Bertz CT molecular complexity index is 920. The molecule has 0 atom stereocenters. The lowest BCUT2D eigenvalue weighted by Crippen LogP contribution is -2.16. The molecular formula is C16H12N4O5. The van der Waals surface area contributed by atoms with Gasteiger partial charge in [-0.2, -0.15) is 4.98 Å². The minimum absolute atomic E-state index is 0.00365. The number of carbonyl (C=O) groups excluding carboxylic acids is 1. The van der Waals surface area contributed by atoms with E-state index in [0.717, 1.165) is 0 Å². The molecule has 0 aliphatic heterocycles. The number of rotatable bonds is 5. The Balaban J connectivity index is 1.70. The standard InChI is InChI=1S/C16H12N4O5/c21-9-5-6-12(17-8-9)15-19-14(25-20-15)7-13(22)18-11-4-2-1-3-10(11)16(23)24/h1-6,8,21H,7H2,(H,18,22)(H,23,24). The van der Waals surface area contributed by atoms with Gasteiger partial charge in [-0.1, -0.05) is 17.3 Å². The van der Waals surface area contributed by atoms with Crippen LogP contribution < -0.4 is 5.32 Å². The molecule has 25 heavy (non-hydrogen) atoms. The van der Waals surface area contributed by atoms with Crippen molar-refractivity contribution in [3.05, 3.63) is 54.0 Å². The first-order valence-electron chi connectivity index (χ1n) is 7.13. The minimum atomic E-state index is -1.14. The van der Waals surface area contributed by atoms with Crippen molar-refractivity contribution < 1.29 is 24.3 Å². The Hall–Kier alpha value is -3.75. The fourth-order valence-electron chi connectivity index (χ4n) is 2.06. The van der Waals surface area contributed by atoms with Crippen LogP contribution in [0.25, 0.3) is 11.5 Å². The Morgan fingerprint density at radius 2 is 1.96 bits per heavy atom. The van der Waals surface area contributed by atoms with E-state index in [4.69, 9.17) is 9.63 Å². The Kier molecular flexibility index (Phi) is 4.38. The zero-order valence-electron chi connectivity index (χ0n) is 12.7. The highest BCUT2D eigenvalue weighted by molar-refractivity contribution is 6.00. The van der Waals surface area contributed by atoms with E-state index in [-0.39, 0.29) is 35.1 Å². The van der Waals surface area contributed by atoms with Gasteiger partial charge in [-0.15, -0.1) is 0 Å². The molecule has 0 aliphatic rings. The summed E-state index contributed by atoms with van der Waals surface area (Å²) in [5, 5.41) is 24.5. The average molecular weight is 340 g/mol. The zero-order valence-corrected chi connectivity index (χ0v) is 12.7. The normalized spacial score (nSPS) is 10.4. The van der Waals surface area contributed by atoms with Crippen LogP contribution in [0.15, 0.2) is 47.1 Å². The predicted molar refractivity (Wildman–Crippen MR) is 84.9 cm³/mol. The number of hydrogen-bond donors (Lipinski definition) is 3. The molecular weight excluding hydrogens is 328 g/mol. The first kappa shape index (κ1) is 16.1. The summed E-state index contributed by atoms with van der Waals surface area (Å²) in [6.45, 7) is 0. The van der Waals surface area contributed by atoms with Crippen LogP contribution in [0, 0.1) is 0 Å². The quantitative estimate of drug-likeness (QED) is 0.638. The van der Waals surface area contributed by atoms with Gasteiger partial charge in [0, 0.05) is 0 Å². The fraction of sp³-hybridized carbons (Fsp3) is 0.0625. The fourth-order valence-corrected chi connectivity index (χ4v) is 2.06. The number of aromatic hydroxyl groups is 1. The van der Waals surface area contributed by atoms with Gasteiger partial charge in [-0.3, -0.25) is 4.79 Å². The maximum atomic E-state index is 12.1. The number of carbonyl (C=O) groups is 2. The van der Waals surface area contributed by atoms with Crippen LogP contribution in [0.1, 0.15) is 16.2 Å². The number of benzene rings is 1. The zero-order chi connectivity index (χ0) is 17.8. The van der Waals surface area contributed by atoms with Crippen molar-refractivity contribution in [2.24, 2.45) is 0 Å². The summed E-state index contributed by atoms with van der Waals surface area (Å²) >= 11 is 0. The third-order valence-electron chi connectivity index (χ3n) is 3.19. The summed E-state index contributed by atoms with van der Waals surface area (Å²) in [4.78, 5) is 31.2. The molecule has 0 fully saturated rings. The molecule has 0 bridgehead atoms. The van der Waals surface area contributed by atoms with Crippen LogP contribution in [0.4, 0.5) is 5.69 Å². The Morgan fingerprint density at radius 1 is 1.16 bits per heavy atom. The van der Waals surface area contributed by atoms with Gasteiger partial charge in [0.05, 0.1) is 17.4 Å². The molecule has 1 amide bonds. The second-order valence-corrected chi connectivity index (χ2v) is 4.99. The van der Waals surface area contributed by atoms with Crippen molar-refractivity contribution in [2.75, 3.05) is 5.32 Å². The lowest BCUT2D eigenvalue weighted by atomic mass is 10.2. The molecule has 2 heterocycles. The van der Waals surface area contributed by atoms with E-state index < -0.39 is 11.9 Å². The van der Waals surface area contributed by atoms with E-state index in [1.54, 1.807) is 12.1 Å². The van der Waals surface area contributed by atoms with Crippen LogP contribution in [0.5, 0.6) is 5.75 Å². The lowest BCUT2D eigenvalue weighted by molar-refractivity contribution is -0.115. The van der Waals surface area contributed by atoms with Crippen molar-refractivity contribution in [3.63, 3.8) is 0 Å². The highest BCUT2D eigenvalue weighted by atomic mass is 16.5. The Labute approximate surface area is 141 Å². The third-order valence-corrected chi connectivity index (χ3v) is 3.19. The molecule has 3 N–H and O–H groups in total. The minimum Gasteiger partial charge on any atom is -0.506 e. The predicted octanol–water partition coefficient (Wildman–Crippen LogP) is 1.72. The van der Waals surface area contributed by atoms with Gasteiger partial charge in [0.2, 0.25) is 17.6 Å². The van der Waals surface area contributed by atoms with Crippen molar-refractivity contribution in [1.29, 1.82) is 0 Å². The topological polar surface area (TPSA) is 138 Å². The molecule has 9 nitrogen and oxygen atoms in total. The van der Waals surface area contributed by atoms with Gasteiger partial charge in [0.25, 0.3) is 0 Å². The number of para-hydroxylation sites is 1. The summed E-state index contributed by atoms with van der Waals surface area (Å²) in [5.74, 6) is -1.41. The lowest BCUT2D eigenvalue weighted by Gasteiger charge is -2.06. The largest absolute Gasteiger partial charge is 0.506 e. The van der Waals surface area contributed by atoms with Gasteiger partial charge >= 0.3 is 5.97 Å². The third kappa shape index (κ3) is 3.78. The summed E-state index contributed by atoms with van der Waals surface area (Å²) in [5.41, 5.74) is 0.541. The van der Waals surface area contributed by atoms with Gasteiger partial charge in [0.15, 0.2) is 0 Å². The van der Waals surface area contributed by atoms with Crippen molar-refractivity contribution in [2.45, 2.75) is 6.42 Å². The van der Waals surface area contributed by atoms with Gasteiger partial charge in [-0.25, -0.2) is 9.78 Å². The van der Waals surface area contributed by atoms with Crippen molar-refractivity contribution in [1.82, 2.24) is 15.1 Å². The SMILES string of the molecule is O=C(Cc1nc(-c2ccc(O)cn2)no1)Nc1ccccc1C(=O)O. The smallest absolute Gasteiger partial charge is 0.337 e. The first-order chi connectivity index (χ1) is 12.0. The first-order valence-corrected chi connectivity index (χ1v) is 7.13. The maximum absolute atomic E-state index is 12.1. The molecule has 0 saturated carbocycles. The molecule has 0 saturated heterocycles. The van der Waals surface area contributed by atoms with E-state index in [9.17, 15) is 14.7 Å². The van der Waals surface area contributed by atoms with Crippen molar-refractivity contribution >= 4 is 17.6 Å². The Morgan fingerprint density at radius 3 is 2.68 bits per heavy atom. The number of aromatic carboxylic acids is 1. The molecule has 3 aromatic rings. The summed E-state index contributed by atoms with van der Waals surface area (Å²) in [6, 6.07) is 8.98. The average Bonchev–Trinajstić information content (AvgIpc) is 3.04. The van der Waals surface area contributed by atoms with Crippen LogP contribution in [0.2, 0.25) is 0 Å². The van der Waals surface area contributed by atoms with E-state index in [1.807, 2.05) is 0 Å². The number of nitrogens with zero attached hydrogens (tertiary/aromatic N) is 3. The number of aromatic nitrogens is 3. The maximum Gasteiger partial charge on any atom is 0.337 e. The molecule has 9 heteroatoms. The summed E-state index contributed by atoms with van der Waals surface area (Å²) in [7, 11) is 0. The molecule has 0 aliphatic carbocycles. The number of amides is 1. The van der Waals surface area contributed by atoms with Crippen LogP contribution in [0.3, 0.4) is 0 Å². The number of anilines is 1. The highest BCUT2D eigenvalue weighted by Gasteiger charge is 2.16. The second-order valence-electron chi connectivity index (χ2n) is 4.99. The van der Waals surface area contributed by atoms with Crippen molar-refractivity contribution in [3.8, 4) is 17.3 Å². The van der Waals surface area contributed by atoms with E-state index in [0.29, 0.717) is 5.69 Å². The van der Waals surface area contributed by atoms with Crippen LogP contribution in [-0.4, -0.2) is 37.2 Å². The van der Waals surface area contributed by atoms with Gasteiger partial charge in [0.1, 0.15) is 17.9 Å². The van der Waals surface area contributed by atoms with Crippen LogP contribution >= 0.6 is 0 Å². The highest BCUT2D eigenvalue weighted by Crippen LogP contribution is 2.17. The van der Waals surface area contributed by atoms with E-state index in [2.05, 4.69) is 20.4 Å². The van der Waals surface area contributed by atoms with E-state index >= 15 is 0 Å². The van der Waals surface area contributed by atoms with Gasteiger partial charge < -0.3 is 20.1 Å². The van der Waals surface area contributed by atoms with Gasteiger partial charge in [-0.05, 0) is 24.3 Å². The second kappa shape index (κ2) is 6.79. The molecule has 3 rings (SSSR count). The number of pyridine rings is 1. The number of hydrogen-bond acceptors (Lipinski definition) is 7. The molecule has 2 aromatic heterocycles. The molecule has 0 radical (unpaired) electrons. The summed E-state index contributed by atoms with van der Waals surface area (Å²) < 4.78 is 4.99. The number of nitrogens with one attached hydrogen (secondary N) is 1. The monoisotopic (exact) mass is 340 g/mol.